The van der Waals surface area contributed by atoms with Crippen molar-refractivity contribution in [3.63, 3.8) is 0 Å². The third-order valence-corrected chi connectivity index (χ3v) is 4.91. The number of methoxy groups -OCH3 is 2. The van der Waals surface area contributed by atoms with E-state index in [1.54, 1.807) is 14.2 Å². The second-order valence-electron chi connectivity index (χ2n) is 4.40. The summed E-state index contributed by atoms with van der Waals surface area (Å²) in [5.41, 5.74) is 1.36. The van der Waals surface area contributed by atoms with Crippen LogP contribution in [0.4, 0.5) is 0 Å². The molecule has 0 atom stereocenters. The molecule has 0 aliphatic rings. The summed E-state index contributed by atoms with van der Waals surface area (Å²) in [6, 6.07) is 5.68. The molecular formula is C14H15Br2N3O3. The molecular weight excluding hydrogens is 418 g/mol. The van der Waals surface area contributed by atoms with Crippen LogP contribution >= 0.6 is 31.9 Å². The van der Waals surface area contributed by atoms with E-state index in [2.05, 4.69) is 47.4 Å². The molecule has 2 N–H and O–H groups in total. The second-order valence-corrected chi connectivity index (χ2v) is 5.98. The lowest BCUT2D eigenvalue weighted by molar-refractivity contribution is 0.0948. The smallest absolute Gasteiger partial charge is 0.273 e. The normalized spacial score (nSPS) is 10.4. The van der Waals surface area contributed by atoms with E-state index in [1.807, 2.05) is 18.2 Å². The fraction of sp³-hybridized carbons (Fsp3) is 0.286. The van der Waals surface area contributed by atoms with E-state index in [4.69, 9.17) is 9.47 Å². The Labute approximate surface area is 144 Å². The monoisotopic (exact) mass is 431 g/mol. The third-order valence-electron chi connectivity index (χ3n) is 3.03. The quantitative estimate of drug-likeness (QED) is 0.735. The van der Waals surface area contributed by atoms with Gasteiger partial charge in [0.05, 0.1) is 18.7 Å². The molecule has 0 fully saturated rings. The van der Waals surface area contributed by atoms with E-state index in [-0.39, 0.29) is 5.91 Å². The van der Waals surface area contributed by atoms with Crippen molar-refractivity contribution >= 4 is 37.8 Å². The van der Waals surface area contributed by atoms with Gasteiger partial charge in [0, 0.05) is 6.54 Å². The zero-order valence-electron chi connectivity index (χ0n) is 12.1. The van der Waals surface area contributed by atoms with E-state index in [0.717, 1.165) is 5.56 Å². The molecule has 0 radical (unpaired) electrons. The SMILES string of the molecule is COc1ccc(CCNC(=O)c2n[nH]c(Br)c2Br)cc1OC. The molecule has 1 aromatic heterocycles. The van der Waals surface area contributed by atoms with Crippen LogP contribution in [0.25, 0.3) is 0 Å². The first-order chi connectivity index (χ1) is 10.6. The zero-order valence-corrected chi connectivity index (χ0v) is 15.2. The number of halogens is 2. The molecule has 6 nitrogen and oxygen atoms in total. The fourth-order valence-corrected chi connectivity index (χ4v) is 2.53. The molecule has 0 aliphatic heterocycles. The molecule has 1 heterocycles. The van der Waals surface area contributed by atoms with Crippen LogP contribution in [0.15, 0.2) is 27.3 Å². The Morgan fingerprint density at radius 2 is 2.00 bits per heavy atom. The van der Waals surface area contributed by atoms with Crippen molar-refractivity contribution in [3.8, 4) is 11.5 Å². The Bertz CT molecular complexity index is 673. The first kappa shape index (κ1) is 16.8. The maximum absolute atomic E-state index is 12.0. The van der Waals surface area contributed by atoms with Gasteiger partial charge in [-0.2, -0.15) is 5.10 Å². The lowest BCUT2D eigenvalue weighted by Gasteiger charge is -2.10. The average Bonchev–Trinajstić information content (AvgIpc) is 2.86. The molecule has 1 aromatic carbocycles. The van der Waals surface area contributed by atoms with Gasteiger partial charge in [0.2, 0.25) is 0 Å². The Kier molecular flexibility index (Phi) is 5.84. The molecule has 8 heteroatoms. The van der Waals surface area contributed by atoms with Gasteiger partial charge in [-0.25, -0.2) is 0 Å². The van der Waals surface area contributed by atoms with Gasteiger partial charge >= 0.3 is 0 Å². The van der Waals surface area contributed by atoms with E-state index in [1.165, 1.54) is 0 Å². The number of amides is 1. The van der Waals surface area contributed by atoms with Crippen molar-refractivity contribution in [2.24, 2.45) is 0 Å². The topological polar surface area (TPSA) is 76.2 Å². The molecule has 0 unspecified atom stereocenters. The number of carbonyl (C=O) groups is 1. The Hall–Kier alpha value is -1.54. The summed E-state index contributed by atoms with van der Waals surface area (Å²) in [6.07, 6.45) is 0.676. The van der Waals surface area contributed by atoms with Crippen molar-refractivity contribution < 1.29 is 14.3 Å². The number of ether oxygens (including phenoxy) is 2. The maximum Gasteiger partial charge on any atom is 0.273 e. The first-order valence-corrected chi connectivity index (χ1v) is 8.04. The molecule has 2 rings (SSSR count). The molecule has 118 valence electrons. The largest absolute Gasteiger partial charge is 0.493 e. The van der Waals surface area contributed by atoms with E-state index >= 15 is 0 Å². The number of nitrogens with zero attached hydrogens (tertiary/aromatic N) is 1. The number of hydrogen-bond acceptors (Lipinski definition) is 4. The highest BCUT2D eigenvalue weighted by Gasteiger charge is 2.15. The summed E-state index contributed by atoms with van der Waals surface area (Å²) in [7, 11) is 3.19. The number of nitrogens with one attached hydrogen (secondary N) is 2. The van der Waals surface area contributed by atoms with Crippen molar-refractivity contribution in [1.82, 2.24) is 15.5 Å². The Morgan fingerprint density at radius 1 is 1.27 bits per heavy atom. The van der Waals surface area contributed by atoms with Crippen LogP contribution < -0.4 is 14.8 Å². The van der Waals surface area contributed by atoms with Crippen molar-refractivity contribution in [3.05, 3.63) is 38.5 Å². The highest BCUT2D eigenvalue weighted by molar-refractivity contribution is 9.13. The number of rotatable bonds is 6. The van der Waals surface area contributed by atoms with Gasteiger partial charge in [-0.3, -0.25) is 9.89 Å². The van der Waals surface area contributed by atoms with Gasteiger partial charge in [-0.1, -0.05) is 6.07 Å². The van der Waals surface area contributed by atoms with Crippen LogP contribution in [0.2, 0.25) is 0 Å². The van der Waals surface area contributed by atoms with Gasteiger partial charge in [0.1, 0.15) is 4.60 Å². The molecule has 0 saturated heterocycles. The van der Waals surface area contributed by atoms with Gasteiger partial charge in [0.25, 0.3) is 5.91 Å². The first-order valence-electron chi connectivity index (χ1n) is 6.45. The minimum Gasteiger partial charge on any atom is -0.493 e. The number of aromatic amines is 1. The minimum absolute atomic E-state index is 0.241. The fourth-order valence-electron chi connectivity index (χ4n) is 1.90. The Morgan fingerprint density at radius 3 is 2.59 bits per heavy atom. The lowest BCUT2D eigenvalue weighted by atomic mass is 10.1. The number of benzene rings is 1. The summed E-state index contributed by atoms with van der Waals surface area (Å²) in [6.45, 7) is 0.491. The van der Waals surface area contributed by atoms with E-state index < -0.39 is 0 Å². The van der Waals surface area contributed by atoms with Gasteiger partial charge < -0.3 is 14.8 Å². The summed E-state index contributed by atoms with van der Waals surface area (Å²) in [5.74, 6) is 1.11. The molecule has 0 bridgehead atoms. The van der Waals surface area contributed by atoms with Crippen molar-refractivity contribution in [2.45, 2.75) is 6.42 Å². The predicted octanol–water partition coefficient (Wildman–Crippen LogP) is 2.92. The predicted molar refractivity (Wildman–Crippen MR) is 89.6 cm³/mol. The highest BCUT2D eigenvalue weighted by Crippen LogP contribution is 2.27. The molecule has 0 saturated carbocycles. The lowest BCUT2D eigenvalue weighted by Crippen LogP contribution is -2.26. The summed E-state index contributed by atoms with van der Waals surface area (Å²) >= 11 is 6.54. The van der Waals surface area contributed by atoms with Crippen LogP contribution in [0.1, 0.15) is 16.1 Å². The van der Waals surface area contributed by atoms with Crippen molar-refractivity contribution in [1.29, 1.82) is 0 Å². The van der Waals surface area contributed by atoms with Crippen LogP contribution in [0.3, 0.4) is 0 Å². The summed E-state index contributed by atoms with van der Waals surface area (Å²) in [5, 5.41) is 9.43. The van der Waals surface area contributed by atoms with E-state index in [9.17, 15) is 4.79 Å². The van der Waals surface area contributed by atoms with Crippen molar-refractivity contribution in [2.75, 3.05) is 20.8 Å². The maximum atomic E-state index is 12.0. The van der Waals surface area contributed by atoms with Gasteiger partial charge in [0.15, 0.2) is 17.2 Å². The van der Waals surface area contributed by atoms with Crippen LogP contribution in [-0.2, 0) is 6.42 Å². The number of H-pyrrole nitrogens is 1. The van der Waals surface area contributed by atoms with Crippen LogP contribution in [0.5, 0.6) is 11.5 Å². The molecule has 1 amide bonds. The molecule has 22 heavy (non-hydrogen) atoms. The Balaban J connectivity index is 1.94. The average molecular weight is 433 g/mol. The number of aromatic nitrogens is 2. The zero-order chi connectivity index (χ0) is 16.1. The second kappa shape index (κ2) is 7.64. The molecule has 2 aromatic rings. The summed E-state index contributed by atoms with van der Waals surface area (Å²) in [4.78, 5) is 12.0. The molecule has 0 aliphatic carbocycles. The van der Waals surface area contributed by atoms with Crippen LogP contribution in [-0.4, -0.2) is 36.9 Å². The van der Waals surface area contributed by atoms with Gasteiger partial charge in [-0.05, 0) is 56.0 Å². The van der Waals surface area contributed by atoms with Gasteiger partial charge in [-0.15, -0.1) is 0 Å². The number of hydrogen-bond donors (Lipinski definition) is 2. The number of carbonyl (C=O) groups excluding carboxylic acids is 1. The minimum atomic E-state index is -0.241. The third kappa shape index (κ3) is 3.80. The van der Waals surface area contributed by atoms with Crippen LogP contribution in [0, 0.1) is 0 Å². The standard InChI is InChI=1S/C14H15Br2N3O3/c1-21-9-4-3-8(7-10(9)22-2)5-6-17-14(20)12-11(15)13(16)19-18-12/h3-4,7H,5-6H2,1-2H3,(H,17,20)(H,18,19). The molecule has 0 spiro atoms. The highest BCUT2D eigenvalue weighted by atomic mass is 79.9. The van der Waals surface area contributed by atoms with E-state index in [0.29, 0.717) is 39.2 Å². The summed E-state index contributed by atoms with van der Waals surface area (Å²) < 4.78 is 11.7.